The fourth-order valence-corrected chi connectivity index (χ4v) is 3.07. The first-order valence-electron chi connectivity index (χ1n) is 7.06. The molecule has 3 nitrogen and oxygen atoms in total. The van der Waals surface area contributed by atoms with Crippen molar-refractivity contribution in [2.24, 2.45) is 5.92 Å². The van der Waals surface area contributed by atoms with Crippen LogP contribution >= 0.6 is 0 Å². The van der Waals surface area contributed by atoms with E-state index in [1.165, 1.54) is 25.7 Å². The Morgan fingerprint density at radius 2 is 2.11 bits per heavy atom. The second-order valence-corrected chi connectivity index (χ2v) is 5.62. The highest BCUT2D eigenvalue weighted by Crippen LogP contribution is 2.25. The van der Waals surface area contributed by atoms with Crippen molar-refractivity contribution in [1.82, 2.24) is 9.88 Å². The number of hydrogen-bond donors (Lipinski definition) is 1. The molecule has 0 aliphatic heterocycles. The van der Waals surface area contributed by atoms with Gasteiger partial charge in [0.2, 0.25) is 0 Å². The molecule has 0 unspecified atom stereocenters. The number of nitrogens with one attached hydrogen (secondary N) is 1. The van der Waals surface area contributed by atoms with E-state index in [0.717, 1.165) is 23.0 Å². The normalized spacial score (nSPS) is 16.1. The topological polar surface area (TPSA) is 36.1 Å². The van der Waals surface area contributed by atoms with Gasteiger partial charge in [-0.25, -0.2) is 0 Å². The van der Waals surface area contributed by atoms with Crippen molar-refractivity contribution in [1.29, 1.82) is 0 Å². The second kappa shape index (κ2) is 5.08. The summed E-state index contributed by atoms with van der Waals surface area (Å²) in [6, 6.07) is 7.86. The van der Waals surface area contributed by atoms with Gasteiger partial charge in [0, 0.05) is 36.3 Å². The molecule has 1 heterocycles. The summed E-state index contributed by atoms with van der Waals surface area (Å²) in [4.78, 5) is 17.4. The van der Waals surface area contributed by atoms with Crippen LogP contribution < -0.4 is 0 Å². The van der Waals surface area contributed by atoms with Gasteiger partial charge in [-0.2, -0.15) is 0 Å². The lowest BCUT2D eigenvalue weighted by Crippen LogP contribution is -2.31. The van der Waals surface area contributed by atoms with Gasteiger partial charge < -0.3 is 9.88 Å². The first-order chi connectivity index (χ1) is 9.24. The Hall–Kier alpha value is -1.77. The molecular weight excluding hydrogens is 236 g/mol. The third kappa shape index (κ3) is 2.50. The summed E-state index contributed by atoms with van der Waals surface area (Å²) >= 11 is 0. The monoisotopic (exact) mass is 256 g/mol. The maximum Gasteiger partial charge on any atom is 0.253 e. The zero-order valence-corrected chi connectivity index (χ0v) is 11.4. The number of aromatic nitrogens is 1. The Morgan fingerprint density at radius 1 is 1.32 bits per heavy atom. The minimum Gasteiger partial charge on any atom is -0.361 e. The zero-order valence-electron chi connectivity index (χ0n) is 11.4. The van der Waals surface area contributed by atoms with Gasteiger partial charge >= 0.3 is 0 Å². The van der Waals surface area contributed by atoms with Crippen LogP contribution in [0.4, 0.5) is 0 Å². The number of aromatic amines is 1. The first-order valence-corrected chi connectivity index (χ1v) is 7.06. The van der Waals surface area contributed by atoms with Gasteiger partial charge in [-0.3, -0.25) is 4.79 Å². The van der Waals surface area contributed by atoms with Crippen molar-refractivity contribution in [3.8, 4) is 0 Å². The van der Waals surface area contributed by atoms with Gasteiger partial charge in [0.25, 0.3) is 5.91 Å². The average molecular weight is 256 g/mol. The highest BCUT2D eigenvalue weighted by Gasteiger charge is 2.20. The maximum absolute atomic E-state index is 12.4. The molecule has 3 heteroatoms. The molecular formula is C16H20N2O. The van der Waals surface area contributed by atoms with E-state index in [-0.39, 0.29) is 5.91 Å². The number of H-pyrrole nitrogens is 1. The number of nitrogens with zero attached hydrogens (tertiary/aromatic N) is 1. The average Bonchev–Trinajstić information content (AvgIpc) is 3.07. The molecule has 1 N–H and O–H groups in total. The number of amides is 1. The molecule has 1 aromatic heterocycles. The van der Waals surface area contributed by atoms with Gasteiger partial charge in [0.1, 0.15) is 0 Å². The summed E-state index contributed by atoms with van der Waals surface area (Å²) in [6.07, 6.45) is 7.09. The van der Waals surface area contributed by atoms with Crippen LogP contribution in [-0.4, -0.2) is 29.4 Å². The maximum atomic E-state index is 12.4. The van der Waals surface area contributed by atoms with E-state index in [2.05, 4.69) is 4.98 Å². The van der Waals surface area contributed by atoms with Crippen LogP contribution in [0.3, 0.4) is 0 Å². The van der Waals surface area contributed by atoms with Gasteiger partial charge in [0.15, 0.2) is 0 Å². The lowest BCUT2D eigenvalue weighted by Gasteiger charge is -2.21. The summed E-state index contributed by atoms with van der Waals surface area (Å²) in [6.45, 7) is 0.893. The molecule has 2 aromatic rings. The van der Waals surface area contributed by atoms with Gasteiger partial charge in [-0.1, -0.05) is 12.8 Å². The van der Waals surface area contributed by atoms with Crippen LogP contribution in [0.25, 0.3) is 10.9 Å². The highest BCUT2D eigenvalue weighted by atomic mass is 16.2. The Balaban J connectivity index is 1.74. The summed E-state index contributed by atoms with van der Waals surface area (Å²) in [5, 5.41) is 1.10. The molecule has 1 aliphatic carbocycles. The van der Waals surface area contributed by atoms with Crippen LogP contribution in [0.2, 0.25) is 0 Å². The molecule has 0 bridgehead atoms. The fraction of sp³-hybridized carbons (Fsp3) is 0.438. The number of fused-ring (bicyclic) bond motifs is 1. The molecule has 100 valence electrons. The van der Waals surface area contributed by atoms with Crippen molar-refractivity contribution in [3.05, 3.63) is 36.0 Å². The predicted octanol–water partition coefficient (Wildman–Crippen LogP) is 3.43. The van der Waals surface area contributed by atoms with Crippen LogP contribution in [0, 0.1) is 5.92 Å². The Labute approximate surface area is 113 Å². The van der Waals surface area contributed by atoms with Gasteiger partial charge in [-0.15, -0.1) is 0 Å². The molecule has 1 saturated carbocycles. The molecule has 1 aromatic carbocycles. The number of carbonyl (C=O) groups is 1. The summed E-state index contributed by atoms with van der Waals surface area (Å²) in [5.74, 6) is 0.833. The molecule has 0 radical (unpaired) electrons. The van der Waals surface area contributed by atoms with E-state index in [9.17, 15) is 4.79 Å². The van der Waals surface area contributed by atoms with E-state index < -0.39 is 0 Å². The summed E-state index contributed by atoms with van der Waals surface area (Å²) in [5.41, 5.74) is 1.86. The third-order valence-electron chi connectivity index (χ3n) is 4.15. The van der Waals surface area contributed by atoms with E-state index in [1.807, 2.05) is 42.4 Å². The lowest BCUT2D eigenvalue weighted by molar-refractivity contribution is 0.0773. The van der Waals surface area contributed by atoms with Crippen molar-refractivity contribution in [2.45, 2.75) is 25.7 Å². The lowest BCUT2D eigenvalue weighted by atomic mass is 10.1. The van der Waals surface area contributed by atoms with Crippen molar-refractivity contribution in [2.75, 3.05) is 13.6 Å². The highest BCUT2D eigenvalue weighted by molar-refractivity contribution is 5.97. The fourth-order valence-electron chi connectivity index (χ4n) is 3.07. The van der Waals surface area contributed by atoms with Crippen LogP contribution in [0.15, 0.2) is 30.5 Å². The molecule has 1 fully saturated rings. The SMILES string of the molecule is CN(CC1CCCC1)C(=O)c1ccc2[nH]ccc2c1. The van der Waals surface area contributed by atoms with E-state index in [1.54, 1.807) is 0 Å². The molecule has 3 rings (SSSR count). The minimum atomic E-state index is 0.134. The molecule has 1 aliphatic rings. The first kappa shape index (κ1) is 12.3. The van der Waals surface area contributed by atoms with Crippen molar-refractivity contribution >= 4 is 16.8 Å². The van der Waals surface area contributed by atoms with Crippen LogP contribution in [0.1, 0.15) is 36.0 Å². The van der Waals surface area contributed by atoms with Crippen molar-refractivity contribution < 1.29 is 4.79 Å². The Bertz CT molecular complexity index is 581. The molecule has 1 amide bonds. The van der Waals surface area contributed by atoms with E-state index in [0.29, 0.717) is 5.92 Å². The third-order valence-corrected chi connectivity index (χ3v) is 4.15. The van der Waals surface area contributed by atoms with Gasteiger partial charge in [0.05, 0.1) is 0 Å². The van der Waals surface area contributed by atoms with Crippen LogP contribution in [0.5, 0.6) is 0 Å². The minimum absolute atomic E-state index is 0.134. The quantitative estimate of drug-likeness (QED) is 0.897. The number of hydrogen-bond acceptors (Lipinski definition) is 1. The molecule has 0 saturated heterocycles. The number of rotatable bonds is 3. The Kier molecular flexibility index (Phi) is 3.28. The zero-order chi connectivity index (χ0) is 13.2. The Morgan fingerprint density at radius 3 is 2.89 bits per heavy atom. The predicted molar refractivity (Wildman–Crippen MR) is 77.2 cm³/mol. The van der Waals surface area contributed by atoms with Crippen LogP contribution in [-0.2, 0) is 0 Å². The second-order valence-electron chi connectivity index (χ2n) is 5.62. The molecule has 19 heavy (non-hydrogen) atoms. The number of benzene rings is 1. The van der Waals surface area contributed by atoms with E-state index in [4.69, 9.17) is 0 Å². The van der Waals surface area contributed by atoms with Crippen molar-refractivity contribution in [3.63, 3.8) is 0 Å². The largest absolute Gasteiger partial charge is 0.361 e. The summed E-state index contributed by atoms with van der Waals surface area (Å²) < 4.78 is 0. The van der Waals surface area contributed by atoms with Gasteiger partial charge in [-0.05, 0) is 43.0 Å². The number of carbonyl (C=O) groups excluding carboxylic acids is 1. The molecule has 0 spiro atoms. The smallest absolute Gasteiger partial charge is 0.253 e. The van der Waals surface area contributed by atoms with E-state index >= 15 is 0 Å². The summed E-state index contributed by atoms with van der Waals surface area (Å²) in [7, 11) is 1.92. The standard InChI is InChI=1S/C16H20N2O/c1-18(11-12-4-2-3-5-12)16(19)14-6-7-15-13(10-14)8-9-17-15/h6-10,12,17H,2-5,11H2,1H3. The molecule has 0 atom stereocenters.